The molecule has 0 aromatic heterocycles. The van der Waals surface area contributed by atoms with E-state index in [1.807, 2.05) is 0 Å². The molecule has 1 aliphatic heterocycles. The number of ether oxygens (including phenoxy) is 1. The fourth-order valence-electron chi connectivity index (χ4n) is 1.90. The Bertz CT molecular complexity index is 416. The molecule has 2 nitrogen and oxygen atoms in total. The largest absolute Gasteiger partial charge is 0.490 e. The monoisotopic (exact) mass is 279 g/mol. The standard InChI is InChI=1S/C12H13ClF3NO/c13-11-7-9(1-2-10(11)12(14,15)16)18-8-3-5-17-6-4-8/h1-2,7-8,17H,3-6H2. The first kappa shape index (κ1) is 13.5. The molecule has 0 saturated carbocycles. The summed E-state index contributed by atoms with van der Waals surface area (Å²) in [6, 6.07) is 3.50. The molecule has 18 heavy (non-hydrogen) atoms. The van der Waals surface area contributed by atoms with E-state index in [9.17, 15) is 13.2 Å². The highest BCUT2D eigenvalue weighted by molar-refractivity contribution is 6.31. The molecule has 0 radical (unpaired) electrons. The average molecular weight is 280 g/mol. The summed E-state index contributed by atoms with van der Waals surface area (Å²) in [5, 5.41) is 2.86. The van der Waals surface area contributed by atoms with Gasteiger partial charge in [-0.1, -0.05) is 11.6 Å². The molecule has 100 valence electrons. The lowest BCUT2D eigenvalue weighted by Gasteiger charge is -2.24. The van der Waals surface area contributed by atoms with Gasteiger partial charge in [0.25, 0.3) is 0 Å². The summed E-state index contributed by atoms with van der Waals surface area (Å²) in [5.41, 5.74) is -0.832. The van der Waals surface area contributed by atoms with E-state index in [-0.39, 0.29) is 11.1 Å². The molecule has 1 saturated heterocycles. The quantitative estimate of drug-likeness (QED) is 0.895. The van der Waals surface area contributed by atoms with E-state index in [1.165, 1.54) is 12.1 Å². The van der Waals surface area contributed by atoms with Crippen molar-refractivity contribution in [1.29, 1.82) is 0 Å². The Balaban J connectivity index is 2.08. The van der Waals surface area contributed by atoms with Gasteiger partial charge < -0.3 is 10.1 Å². The SMILES string of the molecule is FC(F)(F)c1ccc(OC2CCNCC2)cc1Cl. The van der Waals surface area contributed by atoms with Gasteiger partial charge in [-0.05, 0) is 44.1 Å². The minimum atomic E-state index is -4.43. The van der Waals surface area contributed by atoms with Crippen molar-refractivity contribution in [3.63, 3.8) is 0 Å². The summed E-state index contributed by atoms with van der Waals surface area (Å²) in [5.74, 6) is 0.389. The average Bonchev–Trinajstić information content (AvgIpc) is 2.28. The van der Waals surface area contributed by atoms with Gasteiger partial charge in [0.1, 0.15) is 11.9 Å². The van der Waals surface area contributed by atoms with Gasteiger partial charge in [-0.15, -0.1) is 0 Å². The highest BCUT2D eigenvalue weighted by atomic mass is 35.5. The smallest absolute Gasteiger partial charge is 0.417 e. The van der Waals surface area contributed by atoms with Gasteiger partial charge >= 0.3 is 6.18 Å². The van der Waals surface area contributed by atoms with Crippen LogP contribution in [0.15, 0.2) is 18.2 Å². The van der Waals surface area contributed by atoms with E-state index < -0.39 is 11.7 Å². The Morgan fingerprint density at radius 1 is 1.22 bits per heavy atom. The molecule has 1 N–H and O–H groups in total. The highest BCUT2D eigenvalue weighted by Gasteiger charge is 2.33. The zero-order valence-corrected chi connectivity index (χ0v) is 10.3. The summed E-state index contributed by atoms with van der Waals surface area (Å²) in [6.45, 7) is 1.72. The zero-order valence-electron chi connectivity index (χ0n) is 9.56. The van der Waals surface area contributed by atoms with Gasteiger partial charge in [0.05, 0.1) is 10.6 Å². The Labute approximate surface area is 108 Å². The molecule has 0 aliphatic carbocycles. The molecule has 1 heterocycles. The van der Waals surface area contributed by atoms with E-state index in [4.69, 9.17) is 16.3 Å². The molecule has 0 amide bonds. The predicted molar refractivity (Wildman–Crippen MR) is 63.0 cm³/mol. The van der Waals surface area contributed by atoms with Crippen LogP contribution in [-0.2, 0) is 6.18 Å². The maximum Gasteiger partial charge on any atom is 0.417 e. The van der Waals surface area contributed by atoms with Crippen LogP contribution in [0, 0.1) is 0 Å². The molecular weight excluding hydrogens is 267 g/mol. The van der Waals surface area contributed by atoms with Gasteiger partial charge in [-0.2, -0.15) is 13.2 Å². The molecule has 0 atom stereocenters. The van der Waals surface area contributed by atoms with Crippen LogP contribution in [0.4, 0.5) is 13.2 Å². The number of hydrogen-bond donors (Lipinski definition) is 1. The molecule has 1 aromatic rings. The van der Waals surface area contributed by atoms with Crippen molar-refractivity contribution in [1.82, 2.24) is 5.32 Å². The van der Waals surface area contributed by atoms with Gasteiger partial charge in [-0.3, -0.25) is 0 Å². The van der Waals surface area contributed by atoms with Crippen molar-refractivity contribution < 1.29 is 17.9 Å². The minimum Gasteiger partial charge on any atom is -0.490 e. The van der Waals surface area contributed by atoms with Crippen molar-refractivity contribution in [3.8, 4) is 5.75 Å². The van der Waals surface area contributed by atoms with E-state index >= 15 is 0 Å². The van der Waals surface area contributed by atoms with E-state index in [0.717, 1.165) is 32.0 Å². The van der Waals surface area contributed by atoms with Crippen LogP contribution in [-0.4, -0.2) is 19.2 Å². The molecule has 0 spiro atoms. The van der Waals surface area contributed by atoms with Crippen molar-refractivity contribution in [3.05, 3.63) is 28.8 Å². The van der Waals surface area contributed by atoms with Gasteiger partial charge in [0, 0.05) is 0 Å². The molecule has 2 rings (SSSR count). The fraction of sp³-hybridized carbons (Fsp3) is 0.500. The third-order valence-electron chi connectivity index (χ3n) is 2.83. The number of halogens is 4. The molecule has 1 aliphatic rings. The lowest BCUT2D eigenvalue weighted by Crippen LogP contribution is -2.34. The summed E-state index contributed by atoms with van der Waals surface area (Å²) in [7, 11) is 0. The van der Waals surface area contributed by atoms with Gasteiger partial charge in [0.15, 0.2) is 0 Å². The second-order valence-corrected chi connectivity index (χ2v) is 4.61. The van der Waals surface area contributed by atoms with Crippen molar-refractivity contribution in [2.75, 3.05) is 13.1 Å². The first-order valence-corrected chi connectivity index (χ1v) is 6.09. The zero-order chi connectivity index (χ0) is 13.2. The minimum absolute atomic E-state index is 0.0408. The molecule has 6 heteroatoms. The van der Waals surface area contributed by atoms with Gasteiger partial charge in [-0.25, -0.2) is 0 Å². The molecule has 1 fully saturated rings. The van der Waals surface area contributed by atoms with E-state index in [1.54, 1.807) is 0 Å². The first-order valence-electron chi connectivity index (χ1n) is 5.71. The highest BCUT2D eigenvalue weighted by Crippen LogP contribution is 2.36. The van der Waals surface area contributed by atoms with Crippen molar-refractivity contribution in [2.24, 2.45) is 0 Å². The Morgan fingerprint density at radius 3 is 2.44 bits per heavy atom. The van der Waals surface area contributed by atoms with Crippen LogP contribution in [0.5, 0.6) is 5.75 Å². The molecular formula is C12H13ClF3NO. The number of nitrogens with one attached hydrogen (secondary N) is 1. The van der Waals surface area contributed by atoms with Crippen LogP contribution in [0.2, 0.25) is 5.02 Å². The Hall–Kier alpha value is -0.940. The number of benzene rings is 1. The molecule has 0 unspecified atom stereocenters. The number of alkyl halides is 3. The maximum absolute atomic E-state index is 12.5. The normalized spacial score (nSPS) is 17.8. The van der Waals surface area contributed by atoms with E-state index in [2.05, 4.69) is 5.32 Å². The lowest BCUT2D eigenvalue weighted by atomic mass is 10.1. The van der Waals surface area contributed by atoms with Crippen LogP contribution in [0.25, 0.3) is 0 Å². The van der Waals surface area contributed by atoms with Crippen molar-refractivity contribution >= 4 is 11.6 Å². The number of hydrogen-bond acceptors (Lipinski definition) is 2. The second-order valence-electron chi connectivity index (χ2n) is 4.21. The lowest BCUT2D eigenvalue weighted by molar-refractivity contribution is -0.137. The molecule has 1 aromatic carbocycles. The summed E-state index contributed by atoms with van der Waals surface area (Å²) in [4.78, 5) is 0. The summed E-state index contributed by atoms with van der Waals surface area (Å²) in [6.07, 6.45) is -2.69. The maximum atomic E-state index is 12.5. The van der Waals surface area contributed by atoms with Crippen LogP contribution in [0.3, 0.4) is 0 Å². The third-order valence-corrected chi connectivity index (χ3v) is 3.15. The van der Waals surface area contributed by atoms with Gasteiger partial charge in [0.2, 0.25) is 0 Å². The van der Waals surface area contributed by atoms with E-state index in [0.29, 0.717) is 5.75 Å². The number of rotatable bonds is 2. The van der Waals surface area contributed by atoms with Crippen molar-refractivity contribution in [2.45, 2.75) is 25.1 Å². The predicted octanol–water partition coefficient (Wildman–Crippen LogP) is 3.49. The Kier molecular flexibility index (Phi) is 4.02. The summed E-state index contributed by atoms with van der Waals surface area (Å²) >= 11 is 5.62. The van der Waals surface area contributed by atoms with Crippen LogP contribution >= 0.6 is 11.6 Å². The summed E-state index contributed by atoms with van der Waals surface area (Å²) < 4.78 is 43.1. The first-order chi connectivity index (χ1) is 8.47. The topological polar surface area (TPSA) is 21.3 Å². The third kappa shape index (κ3) is 3.29. The second kappa shape index (κ2) is 5.36. The fourth-order valence-corrected chi connectivity index (χ4v) is 2.18. The van der Waals surface area contributed by atoms with Crippen LogP contribution < -0.4 is 10.1 Å². The van der Waals surface area contributed by atoms with Crippen LogP contribution in [0.1, 0.15) is 18.4 Å². The molecule has 0 bridgehead atoms. The Morgan fingerprint density at radius 2 is 1.89 bits per heavy atom. The number of piperidine rings is 1.